The van der Waals surface area contributed by atoms with Crippen molar-refractivity contribution >= 4 is 27.5 Å². The van der Waals surface area contributed by atoms with Gasteiger partial charge in [-0.25, -0.2) is 8.42 Å². The number of ether oxygens (including phenoxy) is 2. The number of anilines is 1. The third kappa shape index (κ3) is 5.01. The standard InChI is InChI=1S/C20H23N3O6S/c1-22(2)20(25)15-5-7-16(8-6-15)23(30(3,26)27)12-19(24)21-11-14-4-9-17-18(10-14)29-13-28-17/h4-10H,11-13H2,1-3H3,(H,21,24). The fraction of sp³-hybridized carbons (Fsp3) is 0.300. The van der Waals surface area contributed by atoms with Gasteiger partial charge in [-0.2, -0.15) is 0 Å². The van der Waals surface area contributed by atoms with E-state index in [0.29, 0.717) is 22.7 Å². The van der Waals surface area contributed by atoms with Gasteiger partial charge in [0.05, 0.1) is 11.9 Å². The van der Waals surface area contributed by atoms with Crippen LogP contribution in [0, 0.1) is 0 Å². The van der Waals surface area contributed by atoms with Crippen molar-refractivity contribution in [2.24, 2.45) is 0 Å². The van der Waals surface area contributed by atoms with Crippen LogP contribution < -0.4 is 19.1 Å². The van der Waals surface area contributed by atoms with Crippen LogP contribution in [0.4, 0.5) is 5.69 Å². The Morgan fingerprint density at radius 1 is 1.03 bits per heavy atom. The van der Waals surface area contributed by atoms with Crippen LogP contribution in [0.25, 0.3) is 0 Å². The predicted octanol–water partition coefficient (Wildman–Crippen LogP) is 1.20. The summed E-state index contributed by atoms with van der Waals surface area (Å²) in [7, 11) is -0.456. The molecule has 160 valence electrons. The minimum Gasteiger partial charge on any atom is -0.454 e. The third-order valence-electron chi connectivity index (χ3n) is 4.42. The van der Waals surface area contributed by atoms with E-state index in [-0.39, 0.29) is 25.8 Å². The Labute approximate surface area is 175 Å². The Hall–Kier alpha value is -3.27. The Bertz CT molecular complexity index is 1050. The second-order valence-electron chi connectivity index (χ2n) is 6.98. The maximum Gasteiger partial charge on any atom is 0.253 e. The number of nitrogens with zero attached hydrogens (tertiary/aromatic N) is 2. The summed E-state index contributed by atoms with van der Waals surface area (Å²) in [4.78, 5) is 25.8. The molecule has 0 bridgehead atoms. The lowest BCUT2D eigenvalue weighted by atomic mass is 10.2. The average Bonchev–Trinajstić information content (AvgIpc) is 3.17. The molecule has 0 saturated heterocycles. The summed E-state index contributed by atoms with van der Waals surface area (Å²) in [5.41, 5.74) is 1.51. The maximum absolute atomic E-state index is 12.4. The molecule has 0 unspecified atom stereocenters. The highest BCUT2D eigenvalue weighted by atomic mass is 32.2. The number of nitrogens with one attached hydrogen (secondary N) is 1. The second-order valence-corrected chi connectivity index (χ2v) is 8.89. The summed E-state index contributed by atoms with van der Waals surface area (Å²) in [5.74, 6) is 0.580. The lowest BCUT2D eigenvalue weighted by Crippen LogP contribution is -2.40. The van der Waals surface area contributed by atoms with Crippen LogP contribution in [0.3, 0.4) is 0 Å². The summed E-state index contributed by atoms with van der Waals surface area (Å²) >= 11 is 0. The highest BCUT2D eigenvalue weighted by Gasteiger charge is 2.21. The fourth-order valence-electron chi connectivity index (χ4n) is 2.87. The first-order valence-electron chi connectivity index (χ1n) is 9.10. The first kappa shape index (κ1) is 21.4. The van der Waals surface area contributed by atoms with E-state index < -0.39 is 15.9 Å². The molecule has 2 amide bonds. The molecule has 1 N–H and O–H groups in total. The fourth-order valence-corrected chi connectivity index (χ4v) is 3.72. The SMILES string of the molecule is CN(C)C(=O)c1ccc(N(CC(=O)NCc2ccc3c(c2)OCO3)S(C)(=O)=O)cc1. The van der Waals surface area contributed by atoms with E-state index in [0.717, 1.165) is 16.1 Å². The van der Waals surface area contributed by atoms with Crippen LogP contribution in [-0.4, -0.2) is 58.8 Å². The molecule has 30 heavy (non-hydrogen) atoms. The largest absolute Gasteiger partial charge is 0.454 e. The van der Waals surface area contributed by atoms with E-state index in [1.165, 1.54) is 29.2 Å². The van der Waals surface area contributed by atoms with E-state index in [4.69, 9.17) is 9.47 Å². The van der Waals surface area contributed by atoms with Gasteiger partial charge in [-0.15, -0.1) is 0 Å². The number of amides is 2. The van der Waals surface area contributed by atoms with Gasteiger partial charge in [-0.05, 0) is 42.0 Å². The number of fused-ring (bicyclic) bond motifs is 1. The highest BCUT2D eigenvalue weighted by Crippen LogP contribution is 2.32. The van der Waals surface area contributed by atoms with E-state index in [2.05, 4.69) is 5.32 Å². The first-order chi connectivity index (χ1) is 14.1. The van der Waals surface area contributed by atoms with Crippen LogP contribution >= 0.6 is 0 Å². The third-order valence-corrected chi connectivity index (χ3v) is 5.56. The van der Waals surface area contributed by atoms with Crippen molar-refractivity contribution in [1.29, 1.82) is 0 Å². The molecule has 10 heteroatoms. The molecule has 1 aliphatic heterocycles. The number of hydrogen-bond donors (Lipinski definition) is 1. The Morgan fingerprint density at radius 3 is 2.33 bits per heavy atom. The van der Waals surface area contributed by atoms with Gasteiger partial charge in [0.2, 0.25) is 22.7 Å². The second kappa shape index (κ2) is 8.62. The molecule has 0 fully saturated rings. The summed E-state index contributed by atoms with van der Waals surface area (Å²) < 4.78 is 36.0. The van der Waals surface area contributed by atoms with Gasteiger partial charge < -0.3 is 19.7 Å². The van der Waals surface area contributed by atoms with E-state index in [9.17, 15) is 18.0 Å². The van der Waals surface area contributed by atoms with Crippen LogP contribution in [0.5, 0.6) is 11.5 Å². The number of benzene rings is 2. The van der Waals surface area contributed by atoms with Crippen molar-refractivity contribution in [1.82, 2.24) is 10.2 Å². The Balaban J connectivity index is 1.67. The Kier molecular flexibility index (Phi) is 6.16. The smallest absolute Gasteiger partial charge is 0.253 e. The molecular weight excluding hydrogens is 410 g/mol. The van der Waals surface area contributed by atoms with Crippen molar-refractivity contribution in [3.05, 3.63) is 53.6 Å². The molecule has 0 saturated carbocycles. The van der Waals surface area contributed by atoms with Crippen molar-refractivity contribution in [3.8, 4) is 11.5 Å². The van der Waals surface area contributed by atoms with Crippen LogP contribution in [0.1, 0.15) is 15.9 Å². The van der Waals surface area contributed by atoms with Crippen molar-refractivity contribution < 1.29 is 27.5 Å². The maximum atomic E-state index is 12.4. The molecule has 0 aromatic heterocycles. The molecule has 0 spiro atoms. The number of carbonyl (C=O) groups excluding carboxylic acids is 2. The summed E-state index contributed by atoms with van der Waals surface area (Å²) in [6.07, 6.45) is 1.02. The summed E-state index contributed by atoms with van der Waals surface area (Å²) in [6, 6.07) is 11.4. The molecule has 2 aromatic rings. The molecule has 3 rings (SSSR count). The van der Waals surface area contributed by atoms with E-state index >= 15 is 0 Å². The predicted molar refractivity (Wildman–Crippen MR) is 111 cm³/mol. The van der Waals surface area contributed by atoms with Gasteiger partial charge in [-0.1, -0.05) is 6.07 Å². The van der Waals surface area contributed by atoms with E-state index in [1.54, 1.807) is 32.3 Å². The van der Waals surface area contributed by atoms with Crippen molar-refractivity contribution in [2.75, 3.05) is 38.0 Å². The van der Waals surface area contributed by atoms with Crippen LogP contribution in [0.15, 0.2) is 42.5 Å². The Morgan fingerprint density at radius 2 is 1.70 bits per heavy atom. The number of hydrogen-bond acceptors (Lipinski definition) is 6. The molecular formula is C20H23N3O6S. The molecule has 2 aromatic carbocycles. The molecule has 1 aliphatic rings. The minimum atomic E-state index is -3.71. The van der Waals surface area contributed by atoms with Gasteiger partial charge >= 0.3 is 0 Å². The quantitative estimate of drug-likeness (QED) is 0.704. The van der Waals surface area contributed by atoms with Gasteiger partial charge in [0, 0.05) is 26.2 Å². The topological polar surface area (TPSA) is 105 Å². The first-order valence-corrected chi connectivity index (χ1v) is 10.9. The van der Waals surface area contributed by atoms with Gasteiger partial charge in [0.25, 0.3) is 5.91 Å². The number of rotatable bonds is 7. The zero-order chi connectivity index (χ0) is 21.9. The van der Waals surface area contributed by atoms with Crippen molar-refractivity contribution in [3.63, 3.8) is 0 Å². The highest BCUT2D eigenvalue weighted by molar-refractivity contribution is 7.92. The van der Waals surface area contributed by atoms with Crippen molar-refractivity contribution in [2.45, 2.75) is 6.54 Å². The molecule has 0 atom stereocenters. The minimum absolute atomic E-state index is 0.160. The molecule has 1 heterocycles. The van der Waals surface area contributed by atoms with Gasteiger partial charge in [0.15, 0.2) is 11.5 Å². The molecule has 0 aliphatic carbocycles. The van der Waals surface area contributed by atoms with Crippen LogP contribution in [0.2, 0.25) is 0 Å². The lowest BCUT2D eigenvalue weighted by molar-refractivity contribution is -0.119. The molecule has 9 nitrogen and oxygen atoms in total. The summed E-state index contributed by atoms with van der Waals surface area (Å²) in [6.45, 7) is -0.0128. The zero-order valence-corrected chi connectivity index (χ0v) is 17.7. The van der Waals surface area contributed by atoms with E-state index in [1.807, 2.05) is 0 Å². The number of sulfonamides is 1. The number of carbonyl (C=O) groups is 2. The van der Waals surface area contributed by atoms with Crippen LogP contribution in [-0.2, 0) is 21.4 Å². The average molecular weight is 433 g/mol. The normalized spacial score (nSPS) is 12.4. The molecule has 0 radical (unpaired) electrons. The van der Waals surface area contributed by atoms with Gasteiger partial charge in [-0.3, -0.25) is 13.9 Å². The summed E-state index contributed by atoms with van der Waals surface area (Å²) in [5, 5.41) is 2.70. The lowest BCUT2D eigenvalue weighted by Gasteiger charge is -2.22. The van der Waals surface area contributed by atoms with Gasteiger partial charge in [0.1, 0.15) is 6.54 Å². The monoisotopic (exact) mass is 433 g/mol. The zero-order valence-electron chi connectivity index (χ0n) is 16.9.